The molecule has 0 aliphatic carbocycles. The molecule has 0 atom stereocenters. The van der Waals surface area contributed by atoms with Crippen LogP contribution in [0.5, 0.6) is 0 Å². The van der Waals surface area contributed by atoms with Crippen LogP contribution < -0.4 is 5.46 Å². The highest BCUT2D eigenvalue weighted by Gasteiger charge is 2.00. The SMILES string of the molecule is [B]c1cn(C)c2cccnc12. The third kappa shape index (κ3) is 0.844. The second-order valence-electron chi connectivity index (χ2n) is 2.57. The molecule has 2 radical (unpaired) electrons. The van der Waals surface area contributed by atoms with Gasteiger partial charge in [-0.1, -0.05) is 5.46 Å². The van der Waals surface area contributed by atoms with Crippen LogP contribution in [-0.4, -0.2) is 17.4 Å². The van der Waals surface area contributed by atoms with Crippen molar-refractivity contribution in [1.82, 2.24) is 9.55 Å². The predicted octanol–water partition coefficient (Wildman–Crippen LogP) is 0.367. The van der Waals surface area contributed by atoms with E-state index in [4.69, 9.17) is 7.85 Å². The van der Waals surface area contributed by atoms with E-state index in [-0.39, 0.29) is 0 Å². The summed E-state index contributed by atoms with van der Waals surface area (Å²) >= 11 is 0. The van der Waals surface area contributed by atoms with Gasteiger partial charge in [0.1, 0.15) is 7.85 Å². The van der Waals surface area contributed by atoms with Crippen molar-refractivity contribution in [3.8, 4) is 0 Å². The van der Waals surface area contributed by atoms with Crippen molar-refractivity contribution in [3.63, 3.8) is 0 Å². The Hall–Kier alpha value is -1.25. The van der Waals surface area contributed by atoms with Crippen LogP contribution in [0, 0.1) is 0 Å². The maximum absolute atomic E-state index is 5.69. The molecular formula is C8H7BN2. The minimum absolute atomic E-state index is 0.739. The molecule has 0 aliphatic rings. The molecule has 0 saturated carbocycles. The minimum Gasteiger partial charge on any atom is -0.350 e. The summed E-state index contributed by atoms with van der Waals surface area (Å²) in [6.07, 6.45) is 3.62. The van der Waals surface area contributed by atoms with Crippen LogP contribution in [0.3, 0.4) is 0 Å². The lowest BCUT2D eigenvalue weighted by Crippen LogP contribution is -1.99. The Morgan fingerprint density at radius 3 is 3.09 bits per heavy atom. The van der Waals surface area contributed by atoms with Gasteiger partial charge in [-0.3, -0.25) is 4.98 Å². The van der Waals surface area contributed by atoms with Crippen molar-refractivity contribution in [2.45, 2.75) is 0 Å². The highest BCUT2D eigenvalue weighted by atomic mass is 14.9. The van der Waals surface area contributed by atoms with E-state index in [1.165, 1.54) is 0 Å². The van der Waals surface area contributed by atoms with Gasteiger partial charge in [0.15, 0.2) is 0 Å². The van der Waals surface area contributed by atoms with E-state index in [2.05, 4.69) is 4.98 Å². The average molecular weight is 142 g/mol. The largest absolute Gasteiger partial charge is 0.350 e. The molecule has 0 unspecified atom stereocenters. The van der Waals surface area contributed by atoms with E-state index in [1.54, 1.807) is 6.20 Å². The quantitative estimate of drug-likeness (QED) is 0.485. The fourth-order valence-electron chi connectivity index (χ4n) is 1.24. The maximum atomic E-state index is 5.69. The molecule has 2 nitrogen and oxygen atoms in total. The molecule has 0 aromatic carbocycles. The van der Waals surface area contributed by atoms with E-state index in [0.717, 1.165) is 16.5 Å². The number of fused-ring (bicyclic) bond motifs is 1. The first-order valence-corrected chi connectivity index (χ1v) is 3.44. The van der Waals surface area contributed by atoms with Crippen LogP contribution >= 0.6 is 0 Å². The highest BCUT2D eigenvalue weighted by molar-refractivity contribution is 6.38. The maximum Gasteiger partial charge on any atom is 0.119 e. The van der Waals surface area contributed by atoms with Crippen LogP contribution in [0.1, 0.15) is 0 Å². The molecule has 2 aromatic heterocycles. The molecule has 0 bridgehead atoms. The van der Waals surface area contributed by atoms with Crippen LogP contribution in [-0.2, 0) is 7.05 Å². The Morgan fingerprint density at radius 2 is 2.36 bits per heavy atom. The van der Waals surface area contributed by atoms with Crippen LogP contribution in [0.15, 0.2) is 24.5 Å². The molecule has 0 saturated heterocycles. The summed E-state index contributed by atoms with van der Waals surface area (Å²) in [5, 5.41) is 0. The first-order chi connectivity index (χ1) is 5.29. The summed E-state index contributed by atoms with van der Waals surface area (Å²) in [6, 6.07) is 3.90. The predicted molar refractivity (Wildman–Crippen MR) is 46.1 cm³/mol. The van der Waals surface area contributed by atoms with Crippen molar-refractivity contribution in [2.24, 2.45) is 7.05 Å². The zero-order valence-electron chi connectivity index (χ0n) is 6.28. The number of aryl methyl sites for hydroxylation is 1. The molecule has 0 aliphatic heterocycles. The van der Waals surface area contributed by atoms with Gasteiger partial charge in [-0.25, -0.2) is 0 Å². The Balaban J connectivity index is 2.95. The number of nitrogens with zero attached hydrogens (tertiary/aromatic N) is 2. The number of rotatable bonds is 0. The Labute approximate surface area is 66.3 Å². The topological polar surface area (TPSA) is 17.8 Å². The van der Waals surface area contributed by atoms with Gasteiger partial charge in [0.25, 0.3) is 0 Å². The fourth-order valence-corrected chi connectivity index (χ4v) is 1.24. The van der Waals surface area contributed by atoms with Gasteiger partial charge in [-0.15, -0.1) is 0 Å². The second kappa shape index (κ2) is 2.12. The monoisotopic (exact) mass is 142 g/mol. The molecule has 2 rings (SSSR count). The zero-order valence-corrected chi connectivity index (χ0v) is 6.28. The molecule has 11 heavy (non-hydrogen) atoms. The third-order valence-electron chi connectivity index (χ3n) is 1.77. The second-order valence-corrected chi connectivity index (χ2v) is 2.57. The van der Waals surface area contributed by atoms with Gasteiger partial charge < -0.3 is 4.57 Å². The standard InChI is InChI=1S/C8H7BN2/c1-11-5-6(9)8-7(11)3-2-4-10-8/h2-5H,1H3. The lowest BCUT2D eigenvalue weighted by atomic mass is 9.99. The third-order valence-corrected chi connectivity index (χ3v) is 1.77. The smallest absolute Gasteiger partial charge is 0.119 e. The summed E-state index contributed by atoms with van der Waals surface area (Å²) in [7, 11) is 7.65. The highest BCUT2D eigenvalue weighted by Crippen LogP contribution is 2.06. The molecule has 0 spiro atoms. The molecule has 52 valence electrons. The van der Waals surface area contributed by atoms with Crippen molar-refractivity contribution >= 4 is 24.3 Å². The Kier molecular flexibility index (Phi) is 1.25. The zero-order chi connectivity index (χ0) is 7.84. The average Bonchev–Trinajstić information content (AvgIpc) is 2.30. The van der Waals surface area contributed by atoms with Crippen molar-refractivity contribution in [1.29, 1.82) is 0 Å². The summed E-state index contributed by atoms with van der Waals surface area (Å²) in [5.74, 6) is 0. The van der Waals surface area contributed by atoms with Gasteiger partial charge in [0, 0.05) is 13.2 Å². The lowest BCUT2D eigenvalue weighted by molar-refractivity contribution is 0.971. The van der Waals surface area contributed by atoms with Gasteiger partial charge >= 0.3 is 0 Å². The molecule has 0 N–H and O–H groups in total. The van der Waals surface area contributed by atoms with E-state index < -0.39 is 0 Å². The first kappa shape index (κ1) is 6.46. The normalized spacial score (nSPS) is 10.6. The number of pyridine rings is 1. The van der Waals surface area contributed by atoms with Crippen LogP contribution in [0.4, 0.5) is 0 Å². The first-order valence-electron chi connectivity index (χ1n) is 3.44. The van der Waals surface area contributed by atoms with Gasteiger partial charge in [0.2, 0.25) is 0 Å². The van der Waals surface area contributed by atoms with Crippen molar-refractivity contribution in [2.75, 3.05) is 0 Å². The van der Waals surface area contributed by atoms with E-state index >= 15 is 0 Å². The molecule has 0 amide bonds. The van der Waals surface area contributed by atoms with Crippen LogP contribution in [0.25, 0.3) is 11.0 Å². The number of hydrogen-bond acceptors (Lipinski definition) is 1. The van der Waals surface area contributed by atoms with E-state index in [9.17, 15) is 0 Å². The lowest BCUT2D eigenvalue weighted by Gasteiger charge is -1.92. The van der Waals surface area contributed by atoms with Gasteiger partial charge in [-0.2, -0.15) is 0 Å². The van der Waals surface area contributed by atoms with Crippen LogP contribution in [0.2, 0.25) is 0 Å². The number of hydrogen-bond donors (Lipinski definition) is 0. The molecule has 2 heterocycles. The fraction of sp³-hybridized carbons (Fsp3) is 0.125. The summed E-state index contributed by atoms with van der Waals surface area (Å²) in [6.45, 7) is 0. The molecular weight excluding hydrogens is 135 g/mol. The summed E-state index contributed by atoms with van der Waals surface area (Å²) in [4.78, 5) is 4.16. The van der Waals surface area contributed by atoms with Crippen molar-refractivity contribution in [3.05, 3.63) is 24.5 Å². The molecule has 2 aromatic rings. The van der Waals surface area contributed by atoms with Gasteiger partial charge in [-0.05, 0) is 18.3 Å². The van der Waals surface area contributed by atoms with E-state index in [0.29, 0.717) is 0 Å². The summed E-state index contributed by atoms with van der Waals surface area (Å²) < 4.78 is 1.97. The number of aromatic nitrogens is 2. The molecule has 3 heteroatoms. The Bertz CT molecular complexity index is 356. The minimum atomic E-state index is 0.739. The van der Waals surface area contributed by atoms with Crippen molar-refractivity contribution < 1.29 is 0 Å². The molecule has 0 fully saturated rings. The Morgan fingerprint density at radius 1 is 1.55 bits per heavy atom. The van der Waals surface area contributed by atoms with E-state index in [1.807, 2.05) is 29.9 Å². The summed E-state index contributed by atoms with van der Waals surface area (Å²) in [5.41, 5.74) is 2.70. The van der Waals surface area contributed by atoms with Gasteiger partial charge in [0.05, 0.1) is 11.0 Å².